The van der Waals surface area contributed by atoms with Gasteiger partial charge in [0.05, 0.1) is 5.56 Å². The lowest BCUT2D eigenvalue weighted by atomic mass is 9.76. The zero-order chi connectivity index (χ0) is 24.9. The first-order chi connectivity index (χ1) is 16.9. The number of benzene rings is 3. The lowest BCUT2D eigenvalue weighted by Gasteiger charge is -2.29. The molecule has 1 aliphatic rings. The third kappa shape index (κ3) is 6.27. The van der Waals surface area contributed by atoms with E-state index >= 15 is 0 Å². The highest BCUT2D eigenvalue weighted by molar-refractivity contribution is 6.31. The van der Waals surface area contributed by atoms with Crippen molar-refractivity contribution in [1.82, 2.24) is 0 Å². The van der Waals surface area contributed by atoms with E-state index in [9.17, 15) is 17.6 Å². The highest BCUT2D eigenvalue weighted by Crippen LogP contribution is 2.38. The quantitative estimate of drug-likeness (QED) is 0.212. The monoisotopic (exact) mass is 502 g/mol. The maximum absolute atomic E-state index is 14.7. The van der Waals surface area contributed by atoms with Crippen LogP contribution in [0.1, 0.15) is 74.5 Å². The molecule has 3 aromatic carbocycles. The smallest absolute Gasteiger partial charge is 0.145 e. The molecule has 1 fully saturated rings. The zero-order valence-corrected chi connectivity index (χ0v) is 20.8. The molecule has 0 N–H and O–H groups in total. The second kappa shape index (κ2) is 11.6. The molecule has 0 atom stereocenters. The summed E-state index contributed by atoms with van der Waals surface area (Å²) >= 11 is 5.49. The van der Waals surface area contributed by atoms with Crippen molar-refractivity contribution in [3.05, 3.63) is 93.5 Å². The molecule has 3 aromatic rings. The summed E-state index contributed by atoms with van der Waals surface area (Å²) in [6, 6.07) is 13.3. The molecule has 0 amide bonds. The molecule has 0 nitrogen and oxygen atoms in total. The minimum absolute atomic E-state index is 0.206. The van der Waals surface area contributed by atoms with Gasteiger partial charge in [0.25, 0.3) is 0 Å². The summed E-state index contributed by atoms with van der Waals surface area (Å²) in [6.07, 6.45) is 9.48. The number of rotatable bonds is 8. The maximum atomic E-state index is 14.7. The molecule has 1 saturated carbocycles. The average molecular weight is 503 g/mol. The average Bonchev–Trinajstić information content (AvgIpc) is 2.85. The van der Waals surface area contributed by atoms with E-state index in [1.165, 1.54) is 36.1 Å². The van der Waals surface area contributed by atoms with Crippen molar-refractivity contribution in [3.63, 3.8) is 0 Å². The fourth-order valence-electron chi connectivity index (χ4n) is 5.24. The Morgan fingerprint density at radius 3 is 1.91 bits per heavy atom. The van der Waals surface area contributed by atoms with Gasteiger partial charge in [-0.15, -0.1) is 0 Å². The molecular formula is C30H31ClF4. The Morgan fingerprint density at radius 1 is 0.743 bits per heavy atom. The molecule has 1 aliphatic carbocycles. The molecule has 0 radical (unpaired) electrons. The van der Waals surface area contributed by atoms with Crippen LogP contribution in [0.25, 0.3) is 11.1 Å². The zero-order valence-electron chi connectivity index (χ0n) is 20.0. The molecule has 0 bridgehead atoms. The molecule has 5 heteroatoms. The Hall–Kier alpha value is -2.33. The van der Waals surface area contributed by atoms with Crippen LogP contribution in [-0.4, -0.2) is 0 Å². The molecule has 0 unspecified atom stereocenters. The van der Waals surface area contributed by atoms with Crippen molar-refractivity contribution >= 4 is 11.6 Å². The first-order valence-corrected chi connectivity index (χ1v) is 12.9. The number of halogens is 5. The summed E-state index contributed by atoms with van der Waals surface area (Å²) in [4.78, 5) is 0. The number of aryl methyl sites for hydroxylation is 2. The fraction of sp³-hybridized carbons (Fsp3) is 0.400. The van der Waals surface area contributed by atoms with E-state index < -0.39 is 33.9 Å². The van der Waals surface area contributed by atoms with Crippen molar-refractivity contribution < 1.29 is 17.6 Å². The van der Waals surface area contributed by atoms with Crippen molar-refractivity contribution in [1.29, 1.82) is 0 Å². The molecule has 0 aliphatic heterocycles. The lowest BCUT2D eigenvalue weighted by Crippen LogP contribution is -2.14. The van der Waals surface area contributed by atoms with Gasteiger partial charge in [-0.3, -0.25) is 0 Å². The van der Waals surface area contributed by atoms with Gasteiger partial charge < -0.3 is 0 Å². The van der Waals surface area contributed by atoms with E-state index in [2.05, 4.69) is 31.2 Å². The predicted octanol–water partition coefficient (Wildman–Crippen LogP) is 9.81. The summed E-state index contributed by atoms with van der Waals surface area (Å²) < 4.78 is 57.0. The SMILES string of the molecule is CCCCc1ccc([C@H]2CC[C@H](CCc3cc(F)c(-c4cc(F)c(Cl)c(F)c4)c(F)c3)CC2)cc1. The molecule has 35 heavy (non-hydrogen) atoms. The standard InChI is InChI=1S/C30H31ClF4/c1-2-3-4-19-7-11-22(12-8-19)23-13-9-20(10-14-23)5-6-21-15-25(32)29(26(33)16-21)24-17-27(34)30(31)28(35)18-24/h7-8,11-12,15-18,20,23H,2-6,9-10,13-14H2,1H3/t20-,23-. The van der Waals surface area contributed by atoms with Crippen LogP contribution in [0.2, 0.25) is 5.02 Å². The van der Waals surface area contributed by atoms with Crippen LogP contribution in [0.4, 0.5) is 17.6 Å². The van der Waals surface area contributed by atoms with Crippen LogP contribution < -0.4 is 0 Å². The topological polar surface area (TPSA) is 0 Å². The fourth-order valence-corrected chi connectivity index (χ4v) is 5.35. The summed E-state index contributed by atoms with van der Waals surface area (Å²) in [5.74, 6) is -2.64. The van der Waals surface area contributed by atoms with Crippen LogP contribution in [0, 0.1) is 29.2 Å². The Bertz CT molecular complexity index is 1100. The Kier molecular flexibility index (Phi) is 8.54. The normalized spacial score (nSPS) is 18.1. The van der Waals surface area contributed by atoms with E-state index in [1.807, 2.05) is 0 Å². The van der Waals surface area contributed by atoms with Crippen LogP contribution in [0.3, 0.4) is 0 Å². The summed E-state index contributed by atoms with van der Waals surface area (Å²) in [6.45, 7) is 2.21. The number of hydrogen-bond donors (Lipinski definition) is 0. The van der Waals surface area contributed by atoms with E-state index in [-0.39, 0.29) is 5.56 Å². The van der Waals surface area contributed by atoms with Gasteiger partial charge in [-0.2, -0.15) is 0 Å². The van der Waals surface area contributed by atoms with Crippen LogP contribution >= 0.6 is 11.6 Å². The van der Waals surface area contributed by atoms with Gasteiger partial charge in [-0.1, -0.05) is 49.2 Å². The molecule has 186 valence electrons. The maximum Gasteiger partial charge on any atom is 0.145 e. The van der Waals surface area contributed by atoms with Gasteiger partial charge in [0.2, 0.25) is 0 Å². The van der Waals surface area contributed by atoms with Gasteiger partial charge in [0.15, 0.2) is 0 Å². The second-order valence-corrected chi connectivity index (χ2v) is 10.2. The van der Waals surface area contributed by atoms with Crippen LogP contribution in [0.15, 0.2) is 48.5 Å². The van der Waals surface area contributed by atoms with Gasteiger partial charge in [-0.05, 0) is 110 Å². The van der Waals surface area contributed by atoms with Crippen LogP contribution in [0.5, 0.6) is 0 Å². The van der Waals surface area contributed by atoms with E-state index in [4.69, 9.17) is 11.6 Å². The Balaban J connectivity index is 1.33. The summed E-state index contributed by atoms with van der Waals surface area (Å²) in [5, 5.41) is -0.690. The Morgan fingerprint density at radius 2 is 1.34 bits per heavy atom. The second-order valence-electron chi connectivity index (χ2n) is 9.79. The minimum Gasteiger partial charge on any atom is -0.206 e. The van der Waals surface area contributed by atoms with Gasteiger partial charge in [0.1, 0.15) is 28.3 Å². The van der Waals surface area contributed by atoms with Gasteiger partial charge >= 0.3 is 0 Å². The van der Waals surface area contributed by atoms with E-state index in [0.717, 1.165) is 50.7 Å². The lowest BCUT2D eigenvalue weighted by molar-refractivity contribution is 0.310. The largest absolute Gasteiger partial charge is 0.206 e. The third-order valence-electron chi connectivity index (χ3n) is 7.33. The third-order valence-corrected chi connectivity index (χ3v) is 7.69. The van der Waals surface area contributed by atoms with Gasteiger partial charge in [0, 0.05) is 0 Å². The van der Waals surface area contributed by atoms with Crippen molar-refractivity contribution in [2.24, 2.45) is 5.92 Å². The number of unbranched alkanes of at least 4 members (excludes halogenated alkanes) is 1. The van der Waals surface area contributed by atoms with E-state index in [0.29, 0.717) is 23.8 Å². The summed E-state index contributed by atoms with van der Waals surface area (Å²) in [5.41, 5.74) is 2.73. The first kappa shape index (κ1) is 25.8. The highest BCUT2D eigenvalue weighted by Gasteiger charge is 2.23. The van der Waals surface area contributed by atoms with Gasteiger partial charge in [-0.25, -0.2) is 17.6 Å². The molecular weight excluding hydrogens is 472 g/mol. The van der Waals surface area contributed by atoms with Crippen molar-refractivity contribution in [2.75, 3.05) is 0 Å². The molecule has 0 spiro atoms. The molecule has 0 saturated heterocycles. The summed E-state index contributed by atoms with van der Waals surface area (Å²) in [7, 11) is 0. The minimum atomic E-state index is -1.05. The highest BCUT2D eigenvalue weighted by atomic mass is 35.5. The van der Waals surface area contributed by atoms with Crippen LogP contribution in [-0.2, 0) is 12.8 Å². The first-order valence-electron chi connectivity index (χ1n) is 12.6. The predicted molar refractivity (Wildman–Crippen MR) is 135 cm³/mol. The Labute approximate surface area is 210 Å². The van der Waals surface area contributed by atoms with E-state index in [1.54, 1.807) is 0 Å². The van der Waals surface area contributed by atoms with Crippen molar-refractivity contribution in [2.45, 2.75) is 70.6 Å². The molecule has 4 rings (SSSR count). The molecule has 0 heterocycles. The van der Waals surface area contributed by atoms with Crippen molar-refractivity contribution in [3.8, 4) is 11.1 Å². The molecule has 0 aromatic heterocycles. The number of hydrogen-bond acceptors (Lipinski definition) is 0.